The Bertz CT molecular complexity index is 1090. The van der Waals surface area contributed by atoms with Crippen LogP contribution in [0.1, 0.15) is 219 Å². The second-order valence-electron chi connectivity index (χ2n) is 19.0. The van der Waals surface area contributed by atoms with Crippen LogP contribution >= 0.6 is 0 Å². The average Bonchev–Trinajstić information content (AvgIpc) is 3.29. The summed E-state index contributed by atoms with van der Waals surface area (Å²) in [5, 5.41) is 86.9. The molecule has 380 valence electrons. The summed E-state index contributed by atoms with van der Waals surface area (Å²) in [5.74, 6) is -0.204. The van der Waals surface area contributed by atoms with Crippen molar-refractivity contribution in [2.75, 3.05) is 19.8 Å². The quantitative estimate of drug-likeness (QED) is 0.0282. The summed E-state index contributed by atoms with van der Waals surface area (Å²) in [7, 11) is 0. The zero-order chi connectivity index (χ0) is 46.8. The highest BCUT2D eigenvalue weighted by molar-refractivity contribution is 5.76. The normalized spacial score (nSPS) is 27.2. The zero-order valence-corrected chi connectivity index (χ0v) is 40.3. The number of carbonyl (C=O) groups excluding carboxylic acids is 1. The number of nitrogens with one attached hydrogen (secondary N) is 1. The van der Waals surface area contributed by atoms with Gasteiger partial charge in [0.05, 0.1) is 32.0 Å². The number of rotatable bonds is 41. The molecule has 64 heavy (non-hydrogen) atoms. The number of aliphatic hydroxyl groups is 8. The molecule has 2 rings (SSSR count). The summed E-state index contributed by atoms with van der Waals surface area (Å²) >= 11 is 0. The molecule has 0 aromatic carbocycles. The summed E-state index contributed by atoms with van der Waals surface area (Å²) in [6.07, 6.45) is 21.0. The highest BCUT2D eigenvalue weighted by Crippen LogP contribution is 2.30. The Balaban J connectivity index is 1.82. The van der Waals surface area contributed by atoms with Crippen molar-refractivity contribution in [3.63, 3.8) is 0 Å². The van der Waals surface area contributed by atoms with E-state index in [1.165, 1.54) is 141 Å². The van der Waals surface area contributed by atoms with E-state index in [2.05, 4.69) is 19.2 Å². The fourth-order valence-electron chi connectivity index (χ4n) is 9.00. The van der Waals surface area contributed by atoms with Crippen LogP contribution in [-0.4, -0.2) is 140 Å². The summed E-state index contributed by atoms with van der Waals surface area (Å²) in [6.45, 7) is 2.86. The minimum atomic E-state index is -1.78. The molecule has 0 aromatic heterocycles. The van der Waals surface area contributed by atoms with Gasteiger partial charge in [-0.3, -0.25) is 4.79 Å². The number of unbranched alkanes of at least 4 members (excludes halogenated alkanes) is 28. The van der Waals surface area contributed by atoms with Gasteiger partial charge in [-0.1, -0.05) is 200 Å². The van der Waals surface area contributed by atoms with Gasteiger partial charge in [-0.05, 0) is 12.8 Å². The van der Waals surface area contributed by atoms with E-state index >= 15 is 0 Å². The maximum atomic E-state index is 13.2. The average molecular weight is 920 g/mol. The zero-order valence-electron chi connectivity index (χ0n) is 40.3. The van der Waals surface area contributed by atoms with Crippen molar-refractivity contribution in [2.24, 2.45) is 0 Å². The predicted octanol–water partition coefficient (Wildman–Crippen LogP) is 7.00. The van der Waals surface area contributed by atoms with E-state index in [0.29, 0.717) is 12.8 Å². The van der Waals surface area contributed by atoms with Gasteiger partial charge in [0.1, 0.15) is 48.8 Å². The molecule has 2 aliphatic rings. The van der Waals surface area contributed by atoms with Crippen LogP contribution in [0.15, 0.2) is 0 Å². The number of aliphatic hydroxyl groups excluding tert-OH is 8. The molecular weight excluding hydrogens is 823 g/mol. The molecule has 9 N–H and O–H groups in total. The van der Waals surface area contributed by atoms with E-state index in [9.17, 15) is 45.6 Å². The third kappa shape index (κ3) is 24.8. The molecule has 2 heterocycles. The standard InChI is InChI=1S/C50H97NO13/c1-3-5-7-9-11-13-15-17-18-19-20-22-23-25-27-29-31-33-39(54)38(51-42(55)34-32-30-28-26-24-21-16-14-12-10-8-6-4-2)37-61-49-47(60)45(58)48(41(36-53)63-49)64-50-46(59)44(57)43(56)40(35-52)62-50/h38-41,43-50,52-54,56-60H,3-37H2,1-2H3,(H,51,55). The van der Waals surface area contributed by atoms with Gasteiger partial charge in [-0.2, -0.15) is 0 Å². The van der Waals surface area contributed by atoms with Crippen LogP contribution < -0.4 is 5.32 Å². The number of ether oxygens (including phenoxy) is 4. The van der Waals surface area contributed by atoms with Crippen LogP contribution in [0.5, 0.6) is 0 Å². The molecule has 0 spiro atoms. The Labute approximate surface area is 387 Å². The predicted molar refractivity (Wildman–Crippen MR) is 249 cm³/mol. The van der Waals surface area contributed by atoms with Crippen molar-refractivity contribution in [1.82, 2.24) is 5.32 Å². The number of amides is 1. The molecule has 2 saturated heterocycles. The van der Waals surface area contributed by atoms with Crippen LogP contribution in [0.3, 0.4) is 0 Å². The van der Waals surface area contributed by atoms with Crippen LogP contribution in [0.25, 0.3) is 0 Å². The SMILES string of the molecule is CCCCCCCCCCCCCCCCCCCC(O)C(COC1OC(CO)C(OC2OC(CO)C(O)C(O)C2O)C(O)C1O)NC(=O)CCCCCCCCCCCCCCC. The van der Waals surface area contributed by atoms with Crippen LogP contribution in [-0.2, 0) is 23.7 Å². The molecular formula is C50H97NO13. The Morgan fingerprint density at radius 3 is 1.33 bits per heavy atom. The Hall–Kier alpha value is -1.01. The van der Waals surface area contributed by atoms with Gasteiger partial charge >= 0.3 is 0 Å². The molecule has 0 aromatic rings. The lowest BCUT2D eigenvalue weighted by molar-refractivity contribution is -0.359. The molecule has 1 amide bonds. The van der Waals surface area contributed by atoms with Gasteiger partial charge in [0.25, 0.3) is 0 Å². The molecule has 14 heteroatoms. The molecule has 0 aliphatic carbocycles. The van der Waals surface area contributed by atoms with Gasteiger partial charge in [0, 0.05) is 6.42 Å². The Morgan fingerprint density at radius 2 is 0.891 bits per heavy atom. The molecule has 0 saturated carbocycles. The van der Waals surface area contributed by atoms with Crippen molar-refractivity contribution in [3.8, 4) is 0 Å². The molecule has 2 fully saturated rings. The monoisotopic (exact) mass is 920 g/mol. The summed E-state index contributed by atoms with van der Waals surface area (Å²) in [5.41, 5.74) is 0. The third-order valence-electron chi connectivity index (χ3n) is 13.3. The largest absolute Gasteiger partial charge is 0.394 e. The molecule has 12 unspecified atom stereocenters. The van der Waals surface area contributed by atoms with Crippen molar-refractivity contribution in [3.05, 3.63) is 0 Å². The maximum absolute atomic E-state index is 13.2. The van der Waals surface area contributed by atoms with Gasteiger partial charge in [0.15, 0.2) is 12.6 Å². The van der Waals surface area contributed by atoms with Crippen molar-refractivity contribution < 1.29 is 64.6 Å². The number of hydrogen-bond donors (Lipinski definition) is 9. The highest BCUT2D eigenvalue weighted by atomic mass is 16.7. The van der Waals surface area contributed by atoms with Gasteiger partial charge in [0.2, 0.25) is 5.91 Å². The van der Waals surface area contributed by atoms with Crippen molar-refractivity contribution in [2.45, 2.75) is 293 Å². The van der Waals surface area contributed by atoms with Gasteiger partial charge in [-0.15, -0.1) is 0 Å². The van der Waals surface area contributed by atoms with Gasteiger partial charge < -0.3 is 65.1 Å². The number of carbonyl (C=O) groups is 1. The first kappa shape index (κ1) is 59.1. The lowest BCUT2D eigenvalue weighted by Gasteiger charge is -2.46. The summed E-state index contributed by atoms with van der Waals surface area (Å²) in [4.78, 5) is 13.2. The van der Waals surface area contributed by atoms with Crippen molar-refractivity contribution >= 4 is 5.91 Å². The van der Waals surface area contributed by atoms with E-state index in [4.69, 9.17) is 18.9 Å². The van der Waals surface area contributed by atoms with Crippen LogP contribution in [0.4, 0.5) is 0 Å². The van der Waals surface area contributed by atoms with E-state index in [1.807, 2.05) is 0 Å². The fraction of sp³-hybridized carbons (Fsp3) is 0.980. The molecule has 2 aliphatic heterocycles. The van der Waals surface area contributed by atoms with E-state index in [0.717, 1.165) is 51.4 Å². The van der Waals surface area contributed by atoms with Gasteiger partial charge in [-0.25, -0.2) is 0 Å². The van der Waals surface area contributed by atoms with Crippen molar-refractivity contribution in [1.29, 1.82) is 0 Å². The van der Waals surface area contributed by atoms with E-state index in [1.54, 1.807) is 0 Å². The second-order valence-corrected chi connectivity index (χ2v) is 19.0. The molecule has 14 nitrogen and oxygen atoms in total. The lowest BCUT2D eigenvalue weighted by atomic mass is 9.97. The first-order valence-electron chi connectivity index (χ1n) is 26.3. The Morgan fingerprint density at radius 1 is 0.500 bits per heavy atom. The number of hydrogen-bond acceptors (Lipinski definition) is 13. The second kappa shape index (κ2) is 37.9. The topological polar surface area (TPSA) is 228 Å². The smallest absolute Gasteiger partial charge is 0.220 e. The summed E-state index contributed by atoms with van der Waals surface area (Å²) in [6, 6.07) is -0.820. The van der Waals surface area contributed by atoms with E-state index in [-0.39, 0.29) is 12.5 Å². The van der Waals surface area contributed by atoms with E-state index < -0.39 is 86.8 Å². The molecule has 12 atom stereocenters. The van der Waals surface area contributed by atoms with Crippen LogP contribution in [0.2, 0.25) is 0 Å². The Kier molecular flexibility index (Phi) is 35.0. The maximum Gasteiger partial charge on any atom is 0.220 e. The first-order chi connectivity index (χ1) is 31.1. The summed E-state index contributed by atoms with van der Waals surface area (Å²) < 4.78 is 22.8. The first-order valence-corrected chi connectivity index (χ1v) is 26.3. The fourth-order valence-corrected chi connectivity index (χ4v) is 9.00. The highest BCUT2D eigenvalue weighted by Gasteiger charge is 2.51. The third-order valence-corrected chi connectivity index (χ3v) is 13.3. The minimum Gasteiger partial charge on any atom is -0.394 e. The molecule has 0 bridgehead atoms. The molecule has 0 radical (unpaired) electrons. The minimum absolute atomic E-state index is 0.204. The van der Waals surface area contributed by atoms with Crippen LogP contribution in [0, 0.1) is 0 Å². The lowest BCUT2D eigenvalue weighted by Crippen LogP contribution is -2.65.